The highest BCUT2D eigenvalue weighted by Gasteiger charge is 2.25. The average molecular weight is 640 g/mol. The van der Waals surface area contributed by atoms with E-state index in [9.17, 15) is 4.79 Å². The molecule has 1 aliphatic rings. The zero-order valence-corrected chi connectivity index (χ0v) is 26.3. The lowest BCUT2D eigenvalue weighted by Crippen LogP contribution is -2.39. The molecule has 4 aromatic rings. The van der Waals surface area contributed by atoms with Crippen LogP contribution in [0.4, 0.5) is 8.78 Å². The molecule has 0 unspecified atom stereocenters. The number of nitrogens with two attached hydrogens (primary N) is 1. The van der Waals surface area contributed by atoms with Crippen LogP contribution in [0.3, 0.4) is 0 Å². The summed E-state index contributed by atoms with van der Waals surface area (Å²) in [6, 6.07) is 9.86. The number of aryl methyl sites for hydroxylation is 1. The first kappa shape index (κ1) is 32.7. The van der Waals surface area contributed by atoms with Crippen LogP contribution in [0.25, 0.3) is 28.0 Å². The van der Waals surface area contributed by atoms with Gasteiger partial charge in [0.2, 0.25) is 0 Å². The van der Waals surface area contributed by atoms with E-state index >= 15 is 8.78 Å². The Morgan fingerprint density at radius 2 is 2.09 bits per heavy atom. The minimum absolute atomic E-state index is 0.00218. The molecule has 0 spiro atoms. The largest absolute Gasteiger partial charge is 0.383 e. The first-order chi connectivity index (χ1) is 21.6. The maximum atomic E-state index is 15.5. The van der Waals surface area contributed by atoms with Crippen molar-refractivity contribution < 1.29 is 13.5 Å². The smallest absolute Gasteiger partial charge is 0.354 e. The SMILES string of the molecule is COC[C@H](N)CCCc1cc(Cl)c(F)c(-c2cc3cn(-c4ccc([C@@H]5CCC[C@@H](CCNC(C)=N)N5)c(F)c4)c(=O)nc3[nH]2)c1. The molecule has 12 heteroatoms. The second-order valence-corrected chi connectivity index (χ2v) is 12.2. The Morgan fingerprint density at radius 1 is 1.27 bits per heavy atom. The van der Waals surface area contributed by atoms with Crippen LogP contribution in [0.5, 0.6) is 0 Å². The molecule has 2 aromatic carbocycles. The normalized spacial score (nSPS) is 17.5. The Bertz CT molecular complexity index is 1720. The van der Waals surface area contributed by atoms with Crippen LogP contribution in [-0.2, 0) is 11.2 Å². The van der Waals surface area contributed by atoms with Crippen molar-refractivity contribution in [2.45, 2.75) is 70.0 Å². The summed E-state index contributed by atoms with van der Waals surface area (Å²) in [5, 5.41) is 14.7. The molecule has 6 N–H and O–H groups in total. The second kappa shape index (κ2) is 14.6. The maximum absolute atomic E-state index is 15.5. The number of piperidine rings is 1. The van der Waals surface area contributed by atoms with Gasteiger partial charge in [0, 0.05) is 54.5 Å². The Labute approximate surface area is 266 Å². The number of nitrogens with one attached hydrogen (secondary N) is 4. The van der Waals surface area contributed by atoms with Crippen molar-refractivity contribution in [3.05, 3.63) is 80.9 Å². The summed E-state index contributed by atoms with van der Waals surface area (Å²) in [7, 11) is 1.61. The summed E-state index contributed by atoms with van der Waals surface area (Å²) in [4.78, 5) is 20.2. The number of methoxy groups -OCH3 is 1. The van der Waals surface area contributed by atoms with Crippen LogP contribution in [-0.4, -0.2) is 52.7 Å². The van der Waals surface area contributed by atoms with Gasteiger partial charge in [-0.2, -0.15) is 4.98 Å². The first-order valence-electron chi connectivity index (χ1n) is 15.3. The molecular formula is C33H40ClF2N7O2. The Morgan fingerprint density at radius 3 is 2.84 bits per heavy atom. The number of ether oxygens (including phenoxy) is 1. The molecule has 2 aromatic heterocycles. The number of rotatable bonds is 12. The topological polar surface area (TPSA) is 134 Å². The van der Waals surface area contributed by atoms with Gasteiger partial charge in [-0.1, -0.05) is 24.1 Å². The van der Waals surface area contributed by atoms with Crippen molar-refractivity contribution in [1.82, 2.24) is 25.2 Å². The van der Waals surface area contributed by atoms with Gasteiger partial charge in [-0.25, -0.2) is 13.6 Å². The molecule has 45 heavy (non-hydrogen) atoms. The van der Waals surface area contributed by atoms with Gasteiger partial charge in [0.1, 0.15) is 11.5 Å². The van der Waals surface area contributed by atoms with Crippen LogP contribution in [0, 0.1) is 17.0 Å². The molecule has 240 valence electrons. The van der Waals surface area contributed by atoms with Gasteiger partial charge in [0.25, 0.3) is 0 Å². The van der Waals surface area contributed by atoms with E-state index in [1.807, 2.05) is 0 Å². The van der Waals surface area contributed by atoms with Gasteiger partial charge in [-0.3, -0.25) is 9.98 Å². The van der Waals surface area contributed by atoms with Gasteiger partial charge in [0.05, 0.1) is 28.8 Å². The molecule has 5 rings (SSSR count). The summed E-state index contributed by atoms with van der Waals surface area (Å²) in [5.41, 5.74) is 8.19. The molecule has 1 saturated heterocycles. The third-order valence-corrected chi connectivity index (χ3v) is 8.59. The molecule has 0 aliphatic carbocycles. The molecule has 0 saturated carbocycles. The minimum atomic E-state index is -0.590. The van der Waals surface area contributed by atoms with Crippen LogP contribution in [0.15, 0.2) is 47.4 Å². The quantitative estimate of drug-likeness (QED) is 0.0987. The highest BCUT2D eigenvalue weighted by Crippen LogP contribution is 2.32. The zero-order chi connectivity index (χ0) is 32.1. The molecule has 3 atom stereocenters. The van der Waals surface area contributed by atoms with Gasteiger partial charge in [-0.05, 0) is 81.3 Å². The van der Waals surface area contributed by atoms with Crippen molar-refractivity contribution in [3.63, 3.8) is 0 Å². The van der Waals surface area contributed by atoms with E-state index in [0.29, 0.717) is 53.4 Å². The van der Waals surface area contributed by atoms with E-state index in [-0.39, 0.29) is 28.7 Å². The fourth-order valence-electron chi connectivity index (χ4n) is 6.05. The number of nitrogens with zero attached hydrogens (tertiary/aromatic N) is 2. The summed E-state index contributed by atoms with van der Waals surface area (Å²) in [5.74, 6) is -0.548. The van der Waals surface area contributed by atoms with E-state index in [1.54, 1.807) is 50.6 Å². The number of halogens is 3. The van der Waals surface area contributed by atoms with E-state index in [0.717, 1.165) is 44.1 Å². The highest BCUT2D eigenvalue weighted by atomic mass is 35.5. The van der Waals surface area contributed by atoms with E-state index in [2.05, 4.69) is 20.6 Å². The molecule has 0 radical (unpaired) electrons. The molecule has 1 fully saturated rings. The lowest BCUT2D eigenvalue weighted by molar-refractivity contribution is 0.176. The van der Waals surface area contributed by atoms with E-state index in [4.69, 9.17) is 27.5 Å². The number of aromatic amines is 1. The molecule has 0 amide bonds. The summed E-state index contributed by atoms with van der Waals surface area (Å²) in [6.07, 6.45) is 7.40. The van der Waals surface area contributed by atoms with Crippen molar-refractivity contribution in [1.29, 1.82) is 5.41 Å². The highest BCUT2D eigenvalue weighted by molar-refractivity contribution is 6.31. The van der Waals surface area contributed by atoms with E-state index < -0.39 is 17.3 Å². The van der Waals surface area contributed by atoms with Crippen molar-refractivity contribution in [2.75, 3.05) is 20.3 Å². The summed E-state index contributed by atoms with van der Waals surface area (Å²) >= 11 is 6.26. The number of aromatic nitrogens is 3. The minimum Gasteiger partial charge on any atom is -0.383 e. The predicted octanol–water partition coefficient (Wildman–Crippen LogP) is 5.77. The average Bonchev–Trinajstić information content (AvgIpc) is 3.41. The monoisotopic (exact) mass is 639 g/mol. The van der Waals surface area contributed by atoms with Gasteiger partial charge in [-0.15, -0.1) is 0 Å². The fraction of sp³-hybridized carbons (Fsp3) is 0.424. The summed E-state index contributed by atoms with van der Waals surface area (Å²) in [6.45, 7) is 2.87. The third kappa shape index (κ3) is 7.96. The second-order valence-electron chi connectivity index (χ2n) is 11.8. The number of fused-ring (bicyclic) bond motifs is 1. The number of amidine groups is 1. The van der Waals surface area contributed by atoms with Gasteiger partial charge in [0.15, 0.2) is 5.82 Å². The van der Waals surface area contributed by atoms with Gasteiger partial charge < -0.3 is 26.1 Å². The molecule has 3 heterocycles. The zero-order valence-electron chi connectivity index (χ0n) is 25.6. The first-order valence-corrected chi connectivity index (χ1v) is 15.7. The lowest BCUT2D eigenvalue weighted by Gasteiger charge is -2.32. The van der Waals surface area contributed by atoms with Crippen molar-refractivity contribution in [2.24, 2.45) is 5.73 Å². The molecule has 1 aliphatic heterocycles. The number of H-pyrrole nitrogens is 1. The lowest BCUT2D eigenvalue weighted by atomic mass is 9.91. The number of hydrogen-bond donors (Lipinski definition) is 5. The van der Waals surface area contributed by atoms with E-state index in [1.165, 1.54) is 10.6 Å². The Hall–Kier alpha value is -3.64. The van der Waals surface area contributed by atoms with Crippen molar-refractivity contribution >= 4 is 28.5 Å². The Balaban J connectivity index is 1.35. The fourth-order valence-corrected chi connectivity index (χ4v) is 6.29. The number of hydrogen-bond acceptors (Lipinski definition) is 6. The summed E-state index contributed by atoms with van der Waals surface area (Å²) < 4.78 is 37.0. The molecule has 9 nitrogen and oxygen atoms in total. The maximum Gasteiger partial charge on any atom is 0.354 e. The predicted molar refractivity (Wildman–Crippen MR) is 174 cm³/mol. The van der Waals surface area contributed by atoms with Crippen LogP contribution in [0.1, 0.15) is 62.6 Å². The standard InChI is InChI=1S/C33H40ClF2N7O2/c1-19(37)39-12-11-23-7-4-8-29(40-23)25-10-9-24(16-28(25)35)43-17-21-15-30(41-32(21)42-33(43)44)26-13-20(14-27(34)31(26)36)5-3-6-22(38)18-45-2/h9-10,13-17,22-23,29,40H,3-8,11-12,18,38H2,1-2H3,(H2,37,39)(H,41,42,44)/t22-,23+,29+/m1/s1. The van der Waals surface area contributed by atoms with Gasteiger partial charge >= 0.3 is 5.69 Å². The van der Waals surface area contributed by atoms with Crippen LogP contribution in [0.2, 0.25) is 5.02 Å². The Kier molecular flexibility index (Phi) is 10.7. The number of benzene rings is 2. The van der Waals surface area contributed by atoms with Crippen molar-refractivity contribution in [3.8, 4) is 16.9 Å². The van der Waals surface area contributed by atoms with Crippen LogP contribution < -0.4 is 22.1 Å². The van der Waals surface area contributed by atoms with Crippen LogP contribution >= 0.6 is 11.6 Å². The third-order valence-electron chi connectivity index (χ3n) is 8.31. The molecular weight excluding hydrogens is 600 g/mol. The molecule has 0 bridgehead atoms.